The number of aromatic amines is 1. The number of hydrogen-bond donors (Lipinski definition) is 2. The lowest BCUT2D eigenvalue weighted by Crippen LogP contribution is -2.14. The molecular formula is C6H13N5. The van der Waals surface area contributed by atoms with Crippen molar-refractivity contribution in [2.45, 2.75) is 26.3 Å². The molecule has 0 aliphatic carbocycles. The van der Waals surface area contributed by atoms with Crippen molar-refractivity contribution >= 4 is 0 Å². The molecule has 0 spiro atoms. The van der Waals surface area contributed by atoms with Gasteiger partial charge < -0.3 is 5.73 Å². The normalized spacial score (nSPS) is 13.8. The van der Waals surface area contributed by atoms with Crippen LogP contribution in [0.4, 0.5) is 0 Å². The average molecular weight is 155 g/mol. The number of rotatable bonds is 3. The van der Waals surface area contributed by atoms with Crippen LogP contribution >= 0.6 is 0 Å². The summed E-state index contributed by atoms with van der Waals surface area (Å²) in [6, 6.07) is -0.0891. The zero-order valence-electron chi connectivity index (χ0n) is 6.78. The summed E-state index contributed by atoms with van der Waals surface area (Å²) < 4.78 is 0. The number of nitrogens with zero attached hydrogens (tertiary/aromatic N) is 3. The van der Waals surface area contributed by atoms with Gasteiger partial charge in [0.2, 0.25) is 0 Å². The maximum absolute atomic E-state index is 5.76. The smallest absolute Gasteiger partial charge is 0.191 e. The Hall–Kier alpha value is -0.970. The summed E-state index contributed by atoms with van der Waals surface area (Å²) in [5.74, 6) is 1.15. The van der Waals surface area contributed by atoms with Crippen LogP contribution in [-0.2, 0) is 0 Å². The van der Waals surface area contributed by atoms with E-state index in [4.69, 9.17) is 5.73 Å². The summed E-state index contributed by atoms with van der Waals surface area (Å²) in [6.45, 7) is 4.22. The first-order valence-corrected chi connectivity index (χ1v) is 3.69. The SMILES string of the molecule is CC(C)C[C@@H](N)c1nn[nH]n1. The molecule has 0 unspecified atom stereocenters. The molecule has 0 fully saturated rings. The Morgan fingerprint density at radius 1 is 1.55 bits per heavy atom. The second-order valence-electron chi connectivity index (χ2n) is 3.01. The van der Waals surface area contributed by atoms with Crippen LogP contribution in [0.1, 0.15) is 32.1 Å². The van der Waals surface area contributed by atoms with Gasteiger partial charge in [0, 0.05) is 0 Å². The highest BCUT2D eigenvalue weighted by molar-refractivity contribution is 4.86. The highest BCUT2D eigenvalue weighted by atomic mass is 15.5. The number of nitrogens with one attached hydrogen (secondary N) is 1. The van der Waals surface area contributed by atoms with Crippen molar-refractivity contribution in [1.82, 2.24) is 20.6 Å². The zero-order chi connectivity index (χ0) is 8.27. The fraction of sp³-hybridized carbons (Fsp3) is 0.833. The first-order valence-electron chi connectivity index (χ1n) is 3.69. The second kappa shape index (κ2) is 3.43. The number of hydrogen-bond acceptors (Lipinski definition) is 4. The van der Waals surface area contributed by atoms with E-state index in [1.54, 1.807) is 0 Å². The van der Waals surface area contributed by atoms with Crippen molar-refractivity contribution in [2.75, 3.05) is 0 Å². The first kappa shape index (κ1) is 8.13. The van der Waals surface area contributed by atoms with Crippen LogP contribution in [0.15, 0.2) is 0 Å². The Labute approximate surface area is 65.4 Å². The topological polar surface area (TPSA) is 80.5 Å². The Bertz CT molecular complexity index is 193. The Kier molecular flexibility index (Phi) is 2.53. The Balaban J connectivity index is 2.49. The Morgan fingerprint density at radius 2 is 2.27 bits per heavy atom. The first-order chi connectivity index (χ1) is 5.20. The highest BCUT2D eigenvalue weighted by Gasteiger charge is 2.11. The molecule has 0 amide bonds. The van der Waals surface area contributed by atoms with E-state index in [-0.39, 0.29) is 6.04 Å². The molecule has 5 nitrogen and oxygen atoms in total. The molecule has 0 aromatic carbocycles. The lowest BCUT2D eigenvalue weighted by molar-refractivity contribution is 0.493. The molecule has 62 valence electrons. The summed E-state index contributed by atoms with van der Waals surface area (Å²) >= 11 is 0. The van der Waals surface area contributed by atoms with Gasteiger partial charge in [-0.1, -0.05) is 19.1 Å². The van der Waals surface area contributed by atoms with Gasteiger partial charge in [-0.05, 0) is 12.3 Å². The average Bonchev–Trinajstić information content (AvgIpc) is 2.35. The number of aromatic nitrogens is 4. The van der Waals surface area contributed by atoms with Crippen molar-refractivity contribution in [3.05, 3.63) is 5.82 Å². The summed E-state index contributed by atoms with van der Waals surface area (Å²) in [7, 11) is 0. The largest absolute Gasteiger partial charge is 0.321 e. The fourth-order valence-electron chi connectivity index (χ4n) is 0.940. The molecule has 5 heteroatoms. The molecule has 0 radical (unpaired) electrons. The predicted molar refractivity (Wildman–Crippen MR) is 40.6 cm³/mol. The molecule has 1 heterocycles. The second-order valence-corrected chi connectivity index (χ2v) is 3.01. The van der Waals surface area contributed by atoms with E-state index in [0.717, 1.165) is 6.42 Å². The molecule has 11 heavy (non-hydrogen) atoms. The van der Waals surface area contributed by atoms with E-state index < -0.39 is 0 Å². The van der Waals surface area contributed by atoms with Gasteiger partial charge >= 0.3 is 0 Å². The van der Waals surface area contributed by atoms with Gasteiger partial charge in [0.05, 0.1) is 6.04 Å². The highest BCUT2D eigenvalue weighted by Crippen LogP contribution is 2.13. The lowest BCUT2D eigenvalue weighted by Gasteiger charge is -2.08. The quantitative estimate of drug-likeness (QED) is 0.655. The van der Waals surface area contributed by atoms with E-state index in [0.29, 0.717) is 11.7 Å². The van der Waals surface area contributed by atoms with E-state index in [2.05, 4.69) is 34.5 Å². The van der Waals surface area contributed by atoms with Crippen LogP contribution in [0.25, 0.3) is 0 Å². The molecule has 0 saturated carbocycles. The van der Waals surface area contributed by atoms with E-state index in [1.807, 2.05) is 0 Å². The monoisotopic (exact) mass is 155 g/mol. The van der Waals surface area contributed by atoms with Crippen LogP contribution in [0.2, 0.25) is 0 Å². The molecule has 1 atom stereocenters. The molecular weight excluding hydrogens is 142 g/mol. The van der Waals surface area contributed by atoms with E-state index >= 15 is 0 Å². The Morgan fingerprint density at radius 3 is 2.73 bits per heavy atom. The summed E-state index contributed by atoms with van der Waals surface area (Å²) in [5.41, 5.74) is 5.76. The summed E-state index contributed by atoms with van der Waals surface area (Å²) in [4.78, 5) is 0. The predicted octanol–water partition coefficient (Wildman–Crippen LogP) is 0.246. The van der Waals surface area contributed by atoms with Gasteiger partial charge in [-0.15, -0.1) is 10.2 Å². The lowest BCUT2D eigenvalue weighted by atomic mass is 10.0. The maximum Gasteiger partial charge on any atom is 0.191 e. The third-order valence-electron chi connectivity index (χ3n) is 1.42. The summed E-state index contributed by atoms with van der Waals surface area (Å²) in [6.07, 6.45) is 0.888. The summed E-state index contributed by atoms with van der Waals surface area (Å²) in [5, 5.41) is 13.4. The molecule has 0 aliphatic heterocycles. The van der Waals surface area contributed by atoms with Crippen molar-refractivity contribution in [1.29, 1.82) is 0 Å². The van der Waals surface area contributed by atoms with Gasteiger partial charge in [-0.3, -0.25) is 0 Å². The van der Waals surface area contributed by atoms with Gasteiger partial charge in [0.25, 0.3) is 0 Å². The molecule has 1 rings (SSSR count). The number of tetrazole rings is 1. The molecule has 0 saturated heterocycles. The minimum Gasteiger partial charge on any atom is -0.321 e. The van der Waals surface area contributed by atoms with Crippen LogP contribution in [0.5, 0.6) is 0 Å². The van der Waals surface area contributed by atoms with E-state index in [9.17, 15) is 0 Å². The standard InChI is InChI=1S/C6H13N5/c1-4(2)3-5(7)6-8-10-11-9-6/h4-5H,3,7H2,1-2H3,(H,8,9,10,11)/t5-/m1/s1. The van der Waals surface area contributed by atoms with Gasteiger partial charge in [-0.2, -0.15) is 5.21 Å². The van der Waals surface area contributed by atoms with Crippen LogP contribution < -0.4 is 5.73 Å². The van der Waals surface area contributed by atoms with Crippen LogP contribution in [0.3, 0.4) is 0 Å². The van der Waals surface area contributed by atoms with Gasteiger partial charge in [-0.25, -0.2) is 0 Å². The van der Waals surface area contributed by atoms with Gasteiger partial charge in [0.1, 0.15) is 0 Å². The van der Waals surface area contributed by atoms with Crippen LogP contribution in [0, 0.1) is 5.92 Å². The minimum absolute atomic E-state index is 0.0891. The van der Waals surface area contributed by atoms with Crippen molar-refractivity contribution in [3.63, 3.8) is 0 Å². The third-order valence-corrected chi connectivity index (χ3v) is 1.42. The molecule has 1 aromatic heterocycles. The molecule has 3 N–H and O–H groups in total. The number of H-pyrrole nitrogens is 1. The zero-order valence-corrected chi connectivity index (χ0v) is 6.78. The fourth-order valence-corrected chi connectivity index (χ4v) is 0.940. The molecule has 0 bridgehead atoms. The van der Waals surface area contributed by atoms with Crippen molar-refractivity contribution in [3.8, 4) is 0 Å². The number of nitrogens with two attached hydrogens (primary N) is 1. The minimum atomic E-state index is -0.0891. The molecule has 0 aliphatic rings. The van der Waals surface area contributed by atoms with Gasteiger partial charge in [0.15, 0.2) is 5.82 Å². The molecule has 1 aromatic rings. The van der Waals surface area contributed by atoms with Crippen molar-refractivity contribution in [2.24, 2.45) is 11.7 Å². The third kappa shape index (κ3) is 2.27. The van der Waals surface area contributed by atoms with Crippen molar-refractivity contribution < 1.29 is 0 Å². The van der Waals surface area contributed by atoms with Crippen LogP contribution in [-0.4, -0.2) is 20.6 Å². The maximum atomic E-state index is 5.76. The van der Waals surface area contributed by atoms with E-state index in [1.165, 1.54) is 0 Å².